The number of anilines is 2. The van der Waals surface area contributed by atoms with Gasteiger partial charge in [0.15, 0.2) is 0 Å². The maximum absolute atomic E-state index is 12.0. The summed E-state index contributed by atoms with van der Waals surface area (Å²) in [7, 11) is 0. The Hall–Kier alpha value is -1.81. The molecule has 2 aromatic carbocycles. The average Bonchev–Trinajstić information content (AvgIpc) is 2.49. The standard InChI is InChI=1S/C17H19BrN2O/c1-3-13-6-4-5-7-16(13)20-17(21)11-19-14-8-9-15(18)12(2)10-14/h4-10,19H,3,11H2,1-2H3,(H,20,21). The van der Waals surface area contributed by atoms with Crippen LogP contribution in [-0.2, 0) is 11.2 Å². The van der Waals surface area contributed by atoms with Crippen LogP contribution in [0.4, 0.5) is 11.4 Å². The number of carbonyl (C=O) groups is 1. The van der Waals surface area contributed by atoms with Gasteiger partial charge < -0.3 is 10.6 Å². The minimum absolute atomic E-state index is 0.0449. The van der Waals surface area contributed by atoms with Crippen molar-refractivity contribution in [3.63, 3.8) is 0 Å². The predicted molar refractivity (Wildman–Crippen MR) is 91.8 cm³/mol. The van der Waals surface area contributed by atoms with E-state index < -0.39 is 0 Å². The number of benzene rings is 2. The second-order valence-electron chi connectivity index (χ2n) is 4.88. The molecule has 0 saturated carbocycles. The molecule has 2 aromatic rings. The molecule has 1 amide bonds. The average molecular weight is 347 g/mol. The van der Waals surface area contributed by atoms with Crippen LogP contribution in [0, 0.1) is 6.92 Å². The summed E-state index contributed by atoms with van der Waals surface area (Å²) >= 11 is 3.46. The molecule has 4 heteroatoms. The van der Waals surface area contributed by atoms with E-state index in [1.165, 1.54) is 0 Å². The van der Waals surface area contributed by atoms with E-state index in [1.54, 1.807) is 0 Å². The molecule has 0 saturated heterocycles. The van der Waals surface area contributed by atoms with Crippen molar-refractivity contribution in [3.8, 4) is 0 Å². The molecule has 2 N–H and O–H groups in total. The molecule has 110 valence electrons. The van der Waals surface area contributed by atoms with Gasteiger partial charge in [0.1, 0.15) is 0 Å². The van der Waals surface area contributed by atoms with Gasteiger partial charge in [0.05, 0.1) is 6.54 Å². The summed E-state index contributed by atoms with van der Waals surface area (Å²) in [6, 6.07) is 13.8. The molecule has 0 bridgehead atoms. The van der Waals surface area contributed by atoms with E-state index in [-0.39, 0.29) is 12.5 Å². The van der Waals surface area contributed by atoms with Crippen LogP contribution >= 0.6 is 15.9 Å². The van der Waals surface area contributed by atoms with Gasteiger partial charge in [-0.05, 0) is 48.7 Å². The van der Waals surface area contributed by atoms with Crippen LogP contribution in [0.25, 0.3) is 0 Å². The lowest BCUT2D eigenvalue weighted by atomic mass is 10.1. The summed E-state index contributed by atoms with van der Waals surface area (Å²) in [5.41, 5.74) is 4.11. The van der Waals surface area contributed by atoms with Crippen molar-refractivity contribution >= 4 is 33.2 Å². The number of para-hydroxylation sites is 1. The maximum Gasteiger partial charge on any atom is 0.243 e. The van der Waals surface area contributed by atoms with E-state index in [0.717, 1.165) is 33.4 Å². The Morgan fingerprint density at radius 2 is 1.95 bits per heavy atom. The monoisotopic (exact) mass is 346 g/mol. The fourth-order valence-electron chi connectivity index (χ4n) is 2.08. The SMILES string of the molecule is CCc1ccccc1NC(=O)CNc1ccc(Br)c(C)c1. The highest BCUT2D eigenvalue weighted by Crippen LogP contribution is 2.20. The third kappa shape index (κ3) is 4.33. The Morgan fingerprint density at radius 3 is 2.67 bits per heavy atom. The van der Waals surface area contributed by atoms with Gasteiger partial charge in [-0.3, -0.25) is 4.79 Å². The van der Waals surface area contributed by atoms with Gasteiger partial charge in [0.2, 0.25) is 5.91 Å². The third-order valence-corrected chi connectivity index (χ3v) is 4.17. The van der Waals surface area contributed by atoms with Crippen molar-refractivity contribution in [1.82, 2.24) is 0 Å². The highest BCUT2D eigenvalue weighted by molar-refractivity contribution is 9.10. The van der Waals surface area contributed by atoms with Gasteiger partial charge in [0.25, 0.3) is 0 Å². The third-order valence-electron chi connectivity index (χ3n) is 3.28. The van der Waals surface area contributed by atoms with Crippen LogP contribution in [0.5, 0.6) is 0 Å². The van der Waals surface area contributed by atoms with Crippen LogP contribution in [0.1, 0.15) is 18.1 Å². The molecule has 0 spiro atoms. The minimum Gasteiger partial charge on any atom is -0.376 e. The van der Waals surface area contributed by atoms with Crippen LogP contribution < -0.4 is 10.6 Å². The van der Waals surface area contributed by atoms with E-state index in [4.69, 9.17) is 0 Å². The van der Waals surface area contributed by atoms with E-state index in [2.05, 4.69) is 33.5 Å². The smallest absolute Gasteiger partial charge is 0.243 e. The van der Waals surface area contributed by atoms with Crippen LogP contribution in [0.3, 0.4) is 0 Å². The van der Waals surface area contributed by atoms with Gasteiger partial charge in [0, 0.05) is 15.8 Å². The van der Waals surface area contributed by atoms with E-state index in [1.807, 2.05) is 49.4 Å². The van der Waals surface area contributed by atoms with Crippen molar-refractivity contribution in [2.24, 2.45) is 0 Å². The van der Waals surface area contributed by atoms with E-state index >= 15 is 0 Å². The first-order chi connectivity index (χ1) is 10.1. The van der Waals surface area contributed by atoms with E-state index in [9.17, 15) is 4.79 Å². The maximum atomic E-state index is 12.0. The molecule has 0 aliphatic rings. The molecule has 0 aliphatic heterocycles. The Bertz CT molecular complexity index is 640. The van der Waals surface area contributed by atoms with E-state index in [0.29, 0.717) is 0 Å². The second kappa shape index (κ2) is 7.27. The molecule has 3 nitrogen and oxygen atoms in total. The molecule has 2 rings (SSSR count). The van der Waals surface area contributed by atoms with Crippen molar-refractivity contribution in [1.29, 1.82) is 0 Å². The number of aryl methyl sites for hydroxylation is 2. The zero-order valence-corrected chi connectivity index (χ0v) is 13.8. The Balaban J connectivity index is 1.94. The number of amides is 1. The summed E-state index contributed by atoms with van der Waals surface area (Å²) in [6.45, 7) is 4.35. The molecule has 21 heavy (non-hydrogen) atoms. The fraction of sp³-hybridized carbons (Fsp3) is 0.235. The first-order valence-corrected chi connectivity index (χ1v) is 7.77. The van der Waals surface area contributed by atoms with Gasteiger partial charge in [-0.15, -0.1) is 0 Å². The normalized spacial score (nSPS) is 10.2. The summed E-state index contributed by atoms with van der Waals surface area (Å²) in [5.74, 6) is -0.0449. The highest BCUT2D eigenvalue weighted by Gasteiger charge is 2.05. The lowest BCUT2D eigenvalue weighted by Gasteiger charge is -2.11. The topological polar surface area (TPSA) is 41.1 Å². The van der Waals surface area contributed by atoms with Gasteiger partial charge in [-0.25, -0.2) is 0 Å². The highest BCUT2D eigenvalue weighted by atomic mass is 79.9. The number of carbonyl (C=O) groups excluding carboxylic acids is 1. The Kier molecular flexibility index (Phi) is 5.39. The zero-order chi connectivity index (χ0) is 15.2. The Morgan fingerprint density at radius 1 is 1.19 bits per heavy atom. The first-order valence-electron chi connectivity index (χ1n) is 6.98. The lowest BCUT2D eigenvalue weighted by Crippen LogP contribution is -2.22. The van der Waals surface area contributed by atoms with Gasteiger partial charge >= 0.3 is 0 Å². The Labute approximate surface area is 133 Å². The number of halogens is 1. The van der Waals surface area contributed by atoms with Crippen LogP contribution in [0.15, 0.2) is 46.9 Å². The second-order valence-corrected chi connectivity index (χ2v) is 5.73. The minimum atomic E-state index is -0.0449. The molecule has 0 radical (unpaired) electrons. The molecule has 0 aliphatic carbocycles. The summed E-state index contributed by atoms with van der Waals surface area (Å²) < 4.78 is 1.06. The number of hydrogen-bond acceptors (Lipinski definition) is 2. The van der Waals surface area contributed by atoms with Crippen molar-refractivity contribution in [2.75, 3.05) is 17.2 Å². The van der Waals surface area contributed by atoms with Crippen molar-refractivity contribution < 1.29 is 4.79 Å². The van der Waals surface area contributed by atoms with Crippen molar-refractivity contribution in [2.45, 2.75) is 20.3 Å². The zero-order valence-electron chi connectivity index (χ0n) is 12.2. The van der Waals surface area contributed by atoms with Crippen LogP contribution in [-0.4, -0.2) is 12.5 Å². The summed E-state index contributed by atoms with van der Waals surface area (Å²) in [4.78, 5) is 12.0. The predicted octanol–water partition coefficient (Wildman–Crippen LogP) is 4.37. The van der Waals surface area contributed by atoms with Gasteiger partial charge in [-0.2, -0.15) is 0 Å². The number of nitrogens with one attached hydrogen (secondary N) is 2. The molecular formula is C17H19BrN2O. The lowest BCUT2D eigenvalue weighted by molar-refractivity contribution is -0.114. The molecule has 0 unspecified atom stereocenters. The quantitative estimate of drug-likeness (QED) is 0.843. The summed E-state index contributed by atoms with van der Waals surface area (Å²) in [6.07, 6.45) is 0.899. The number of rotatable bonds is 5. The molecule has 0 fully saturated rings. The largest absolute Gasteiger partial charge is 0.376 e. The van der Waals surface area contributed by atoms with Crippen LogP contribution in [0.2, 0.25) is 0 Å². The molecular weight excluding hydrogens is 328 g/mol. The first kappa shape index (κ1) is 15.6. The van der Waals surface area contributed by atoms with Gasteiger partial charge in [-0.1, -0.05) is 41.1 Å². The molecule has 0 aromatic heterocycles. The fourth-order valence-corrected chi connectivity index (χ4v) is 2.33. The summed E-state index contributed by atoms with van der Waals surface area (Å²) in [5, 5.41) is 6.08. The molecule has 0 heterocycles. The van der Waals surface area contributed by atoms with Crippen molar-refractivity contribution in [3.05, 3.63) is 58.1 Å². The molecule has 0 atom stereocenters. The number of hydrogen-bond donors (Lipinski definition) is 2.